The van der Waals surface area contributed by atoms with Crippen molar-refractivity contribution in [2.24, 2.45) is 4.99 Å². The minimum absolute atomic E-state index is 0.126. The molecule has 1 aliphatic heterocycles. The molecule has 0 radical (unpaired) electrons. The van der Waals surface area contributed by atoms with E-state index in [1.165, 1.54) is 29.9 Å². The van der Waals surface area contributed by atoms with Crippen molar-refractivity contribution in [3.63, 3.8) is 0 Å². The summed E-state index contributed by atoms with van der Waals surface area (Å²) in [5, 5.41) is 0. The zero-order valence-corrected chi connectivity index (χ0v) is 15.5. The number of carbonyl (C=O) groups is 1. The van der Waals surface area contributed by atoms with E-state index >= 15 is 0 Å². The Bertz CT molecular complexity index is 841. The second-order valence-electron chi connectivity index (χ2n) is 6.68. The summed E-state index contributed by atoms with van der Waals surface area (Å²) >= 11 is 1.51. The second kappa shape index (κ2) is 6.77. The van der Waals surface area contributed by atoms with Gasteiger partial charge in [-0.05, 0) is 44.0 Å². The number of ether oxygens (including phenoxy) is 1. The minimum Gasteiger partial charge on any atom is -0.378 e. The number of benzene rings is 1. The zero-order valence-electron chi connectivity index (χ0n) is 14.7. The number of aromatic nitrogens is 1. The van der Waals surface area contributed by atoms with E-state index < -0.39 is 0 Å². The first-order valence-corrected chi connectivity index (χ1v) is 9.65. The molecule has 2 aromatic rings. The van der Waals surface area contributed by atoms with E-state index in [0.29, 0.717) is 6.04 Å². The van der Waals surface area contributed by atoms with Crippen LogP contribution in [0.4, 0.5) is 11.4 Å². The van der Waals surface area contributed by atoms with E-state index in [2.05, 4.69) is 33.7 Å². The van der Waals surface area contributed by atoms with Gasteiger partial charge in [-0.25, -0.2) is 4.99 Å². The molecule has 5 nitrogen and oxygen atoms in total. The standard InChI is InChI=1S/C19H23N3O2S/c1-13-18(14(2)23)25-19(22(13)17-7-8-17)20-15-3-5-16(6-4-15)21-9-11-24-12-10-21/h3-6,17H,7-12H2,1-2H3. The van der Waals surface area contributed by atoms with E-state index in [4.69, 9.17) is 9.73 Å². The summed E-state index contributed by atoms with van der Waals surface area (Å²) in [5.74, 6) is 0.126. The maximum Gasteiger partial charge on any atom is 0.191 e. The van der Waals surface area contributed by atoms with E-state index in [-0.39, 0.29) is 5.78 Å². The Hall–Kier alpha value is -1.92. The molecule has 0 spiro atoms. The molecule has 2 aliphatic rings. The molecule has 1 aliphatic carbocycles. The Kier molecular flexibility index (Phi) is 4.48. The van der Waals surface area contributed by atoms with Crippen LogP contribution in [-0.2, 0) is 4.74 Å². The first kappa shape index (κ1) is 16.5. The maximum absolute atomic E-state index is 11.9. The van der Waals surface area contributed by atoms with Crippen LogP contribution < -0.4 is 9.70 Å². The van der Waals surface area contributed by atoms with Crippen LogP contribution in [0.25, 0.3) is 0 Å². The highest BCUT2D eigenvalue weighted by molar-refractivity contribution is 7.11. The van der Waals surface area contributed by atoms with Crippen LogP contribution in [0.2, 0.25) is 0 Å². The highest BCUT2D eigenvalue weighted by Crippen LogP contribution is 2.36. The van der Waals surface area contributed by atoms with Crippen LogP contribution in [0.1, 0.15) is 41.2 Å². The van der Waals surface area contributed by atoms with Gasteiger partial charge in [-0.3, -0.25) is 4.79 Å². The van der Waals surface area contributed by atoms with Crippen molar-refractivity contribution in [1.82, 2.24) is 4.57 Å². The van der Waals surface area contributed by atoms with E-state index in [9.17, 15) is 4.79 Å². The third kappa shape index (κ3) is 3.41. The Morgan fingerprint density at radius 1 is 1.20 bits per heavy atom. The molecular formula is C19H23N3O2S. The smallest absolute Gasteiger partial charge is 0.191 e. The topological polar surface area (TPSA) is 46.8 Å². The summed E-state index contributed by atoms with van der Waals surface area (Å²) in [6.45, 7) is 7.11. The summed E-state index contributed by atoms with van der Waals surface area (Å²) in [4.78, 5) is 20.8. The number of nitrogens with zero attached hydrogens (tertiary/aromatic N) is 3. The van der Waals surface area contributed by atoms with Gasteiger partial charge in [0, 0.05) is 37.4 Å². The third-order valence-electron chi connectivity index (χ3n) is 4.77. The molecule has 1 aromatic heterocycles. The van der Waals surface area contributed by atoms with Crippen LogP contribution in [0.3, 0.4) is 0 Å². The van der Waals surface area contributed by atoms with Crippen LogP contribution in [0, 0.1) is 6.92 Å². The molecule has 0 bridgehead atoms. The van der Waals surface area contributed by atoms with Crippen LogP contribution in [0.5, 0.6) is 0 Å². The van der Waals surface area contributed by atoms with Gasteiger partial charge >= 0.3 is 0 Å². The van der Waals surface area contributed by atoms with Crippen molar-refractivity contribution < 1.29 is 9.53 Å². The van der Waals surface area contributed by atoms with Crippen molar-refractivity contribution >= 4 is 28.5 Å². The largest absolute Gasteiger partial charge is 0.378 e. The van der Waals surface area contributed by atoms with Gasteiger partial charge in [-0.1, -0.05) is 11.3 Å². The van der Waals surface area contributed by atoms with E-state index in [1.807, 2.05) is 6.92 Å². The van der Waals surface area contributed by atoms with Crippen molar-refractivity contribution in [3.8, 4) is 0 Å². The Balaban J connectivity index is 1.66. The fourth-order valence-electron chi connectivity index (χ4n) is 3.30. The molecule has 0 N–H and O–H groups in total. The molecule has 25 heavy (non-hydrogen) atoms. The average Bonchev–Trinajstić information content (AvgIpc) is 3.40. The summed E-state index contributed by atoms with van der Waals surface area (Å²) in [6.07, 6.45) is 2.36. The fraction of sp³-hybridized carbons (Fsp3) is 0.474. The molecule has 4 rings (SSSR count). The lowest BCUT2D eigenvalue weighted by molar-refractivity contribution is 0.102. The van der Waals surface area contributed by atoms with Gasteiger partial charge < -0.3 is 14.2 Å². The molecule has 1 saturated heterocycles. The molecule has 1 aromatic carbocycles. The first-order valence-electron chi connectivity index (χ1n) is 8.84. The molecule has 132 valence electrons. The highest BCUT2D eigenvalue weighted by atomic mass is 32.1. The predicted molar refractivity (Wildman–Crippen MR) is 100 cm³/mol. The molecule has 0 unspecified atom stereocenters. The third-order valence-corrected chi connectivity index (χ3v) is 6.03. The van der Waals surface area contributed by atoms with Crippen molar-refractivity contribution in [3.05, 3.63) is 39.6 Å². The van der Waals surface area contributed by atoms with Crippen LogP contribution in [0.15, 0.2) is 29.3 Å². The van der Waals surface area contributed by atoms with Gasteiger partial charge in [0.1, 0.15) is 0 Å². The molecule has 6 heteroatoms. The number of Topliss-reactive ketones (excluding diaryl/α,β-unsaturated/α-hetero) is 1. The number of carbonyl (C=O) groups excluding carboxylic acids is 1. The summed E-state index contributed by atoms with van der Waals surface area (Å²) < 4.78 is 7.66. The molecule has 0 atom stereocenters. The van der Waals surface area contributed by atoms with Crippen LogP contribution in [-0.4, -0.2) is 36.7 Å². The maximum atomic E-state index is 11.9. The Morgan fingerprint density at radius 2 is 1.88 bits per heavy atom. The SMILES string of the molecule is CC(=O)c1sc(=Nc2ccc(N3CCOCC3)cc2)n(C2CC2)c1C. The van der Waals surface area contributed by atoms with Crippen molar-refractivity contribution in [2.45, 2.75) is 32.7 Å². The molecular weight excluding hydrogens is 334 g/mol. The Morgan fingerprint density at radius 3 is 2.48 bits per heavy atom. The fourth-order valence-corrected chi connectivity index (χ4v) is 4.41. The molecule has 2 fully saturated rings. The zero-order chi connectivity index (χ0) is 17.4. The van der Waals surface area contributed by atoms with Gasteiger partial charge in [0.2, 0.25) is 0 Å². The average molecular weight is 357 g/mol. The summed E-state index contributed by atoms with van der Waals surface area (Å²) in [6, 6.07) is 8.88. The minimum atomic E-state index is 0.126. The number of hydrogen-bond acceptors (Lipinski definition) is 5. The number of rotatable bonds is 4. The summed E-state index contributed by atoms with van der Waals surface area (Å²) in [5.41, 5.74) is 3.20. The van der Waals surface area contributed by atoms with Crippen molar-refractivity contribution in [1.29, 1.82) is 0 Å². The monoisotopic (exact) mass is 357 g/mol. The summed E-state index contributed by atoms with van der Waals surface area (Å²) in [7, 11) is 0. The van der Waals surface area contributed by atoms with Crippen LogP contribution >= 0.6 is 11.3 Å². The lowest BCUT2D eigenvalue weighted by atomic mass is 10.2. The number of hydrogen-bond donors (Lipinski definition) is 0. The van der Waals surface area contributed by atoms with Crippen molar-refractivity contribution in [2.75, 3.05) is 31.2 Å². The Labute approximate surface area is 151 Å². The lowest BCUT2D eigenvalue weighted by Gasteiger charge is -2.28. The normalized spacial score (nSPS) is 18.6. The van der Waals surface area contributed by atoms with Gasteiger partial charge in [-0.15, -0.1) is 0 Å². The predicted octanol–water partition coefficient (Wildman–Crippen LogP) is 3.46. The first-order chi connectivity index (χ1) is 12.1. The lowest BCUT2D eigenvalue weighted by Crippen LogP contribution is -2.36. The second-order valence-corrected chi connectivity index (χ2v) is 7.66. The van der Waals surface area contributed by atoms with Gasteiger partial charge in [0.25, 0.3) is 0 Å². The van der Waals surface area contributed by atoms with Gasteiger partial charge in [0.15, 0.2) is 10.6 Å². The van der Waals surface area contributed by atoms with E-state index in [1.54, 1.807) is 6.92 Å². The number of ketones is 1. The van der Waals surface area contributed by atoms with Gasteiger partial charge in [-0.2, -0.15) is 0 Å². The van der Waals surface area contributed by atoms with Gasteiger partial charge in [0.05, 0.1) is 23.8 Å². The number of anilines is 1. The quantitative estimate of drug-likeness (QED) is 0.787. The number of morpholine rings is 1. The highest BCUT2D eigenvalue weighted by Gasteiger charge is 2.28. The molecule has 1 saturated carbocycles. The van der Waals surface area contributed by atoms with E-state index in [0.717, 1.165) is 47.4 Å². The molecule has 0 amide bonds. The number of thiazole rings is 1. The molecule has 2 heterocycles.